The summed E-state index contributed by atoms with van der Waals surface area (Å²) in [5, 5.41) is 18.6. The van der Waals surface area contributed by atoms with Crippen LogP contribution in [-0.4, -0.2) is 13.5 Å². The second-order valence-electron chi connectivity index (χ2n) is 4.71. The highest BCUT2D eigenvalue weighted by atomic mass is 32.2. The predicted octanol–water partition coefficient (Wildman–Crippen LogP) is 2.68. The molecule has 108 valence electrons. The summed E-state index contributed by atoms with van der Waals surface area (Å²) in [5.41, 5.74) is 1.94. The normalized spacial score (nSPS) is 10.9. The highest BCUT2D eigenvalue weighted by molar-refractivity contribution is 7.92. The van der Waals surface area contributed by atoms with E-state index in [-0.39, 0.29) is 16.3 Å². The Hall–Kier alpha value is -2.52. The number of phenols is 1. The van der Waals surface area contributed by atoms with E-state index in [1.807, 2.05) is 6.07 Å². The second kappa shape index (κ2) is 5.46. The van der Waals surface area contributed by atoms with Gasteiger partial charge in [-0.05, 0) is 55.3 Å². The first-order chi connectivity index (χ1) is 9.83. The number of phenolic OH excluding ortho intramolecular Hbond substituents is 1. The first-order valence-corrected chi connectivity index (χ1v) is 7.65. The van der Waals surface area contributed by atoms with Gasteiger partial charge in [0.1, 0.15) is 5.75 Å². The van der Waals surface area contributed by atoms with Gasteiger partial charge in [0, 0.05) is 0 Å². The molecule has 21 heavy (non-hydrogen) atoms. The van der Waals surface area contributed by atoms with Crippen LogP contribution in [0.4, 0.5) is 5.69 Å². The van der Waals surface area contributed by atoms with E-state index >= 15 is 0 Å². The molecule has 2 aromatic rings. The van der Waals surface area contributed by atoms with Crippen molar-refractivity contribution >= 4 is 15.7 Å². The van der Waals surface area contributed by atoms with E-state index in [0.29, 0.717) is 11.1 Å². The first kappa shape index (κ1) is 14.9. The minimum Gasteiger partial charge on any atom is -0.506 e. The van der Waals surface area contributed by atoms with Gasteiger partial charge in [-0.15, -0.1) is 0 Å². The largest absolute Gasteiger partial charge is 0.506 e. The quantitative estimate of drug-likeness (QED) is 0.853. The summed E-state index contributed by atoms with van der Waals surface area (Å²) in [6.45, 7) is 3.46. The number of aromatic hydroxyl groups is 1. The van der Waals surface area contributed by atoms with E-state index in [1.165, 1.54) is 30.3 Å². The average Bonchev–Trinajstić information content (AvgIpc) is 2.42. The van der Waals surface area contributed by atoms with Gasteiger partial charge in [-0.2, -0.15) is 5.26 Å². The molecule has 2 rings (SSSR count). The third-order valence-electron chi connectivity index (χ3n) is 3.03. The van der Waals surface area contributed by atoms with Crippen molar-refractivity contribution in [2.24, 2.45) is 0 Å². The van der Waals surface area contributed by atoms with Crippen molar-refractivity contribution in [3.05, 3.63) is 53.1 Å². The van der Waals surface area contributed by atoms with Crippen molar-refractivity contribution in [3.63, 3.8) is 0 Å². The van der Waals surface area contributed by atoms with Crippen LogP contribution in [-0.2, 0) is 10.0 Å². The number of hydrogen-bond donors (Lipinski definition) is 2. The van der Waals surface area contributed by atoms with E-state index < -0.39 is 10.0 Å². The van der Waals surface area contributed by atoms with Crippen LogP contribution in [0.3, 0.4) is 0 Å². The molecule has 0 fully saturated rings. The maximum absolute atomic E-state index is 12.3. The Morgan fingerprint density at radius 2 is 1.86 bits per heavy atom. The summed E-state index contributed by atoms with van der Waals surface area (Å²) < 4.78 is 26.9. The minimum atomic E-state index is -3.82. The zero-order valence-electron chi connectivity index (χ0n) is 11.6. The van der Waals surface area contributed by atoms with Crippen LogP contribution in [0.25, 0.3) is 0 Å². The van der Waals surface area contributed by atoms with Crippen LogP contribution in [0.5, 0.6) is 5.75 Å². The summed E-state index contributed by atoms with van der Waals surface area (Å²) in [6, 6.07) is 10.9. The number of rotatable bonds is 3. The van der Waals surface area contributed by atoms with Crippen LogP contribution in [0.2, 0.25) is 0 Å². The molecule has 0 aliphatic carbocycles. The van der Waals surface area contributed by atoms with Crippen molar-refractivity contribution in [1.82, 2.24) is 0 Å². The Morgan fingerprint density at radius 3 is 2.43 bits per heavy atom. The zero-order valence-corrected chi connectivity index (χ0v) is 12.4. The molecule has 0 saturated carbocycles. The molecule has 5 nitrogen and oxygen atoms in total. The van der Waals surface area contributed by atoms with Crippen LogP contribution in [0.1, 0.15) is 16.7 Å². The van der Waals surface area contributed by atoms with Gasteiger partial charge in [0.05, 0.1) is 22.2 Å². The van der Waals surface area contributed by atoms with E-state index in [4.69, 9.17) is 5.26 Å². The summed E-state index contributed by atoms with van der Waals surface area (Å²) >= 11 is 0. The highest BCUT2D eigenvalue weighted by Gasteiger charge is 2.17. The molecule has 0 aromatic heterocycles. The molecule has 2 aromatic carbocycles. The van der Waals surface area contributed by atoms with E-state index in [0.717, 1.165) is 5.56 Å². The van der Waals surface area contributed by atoms with Crippen LogP contribution in [0, 0.1) is 25.2 Å². The molecule has 0 bridgehead atoms. The van der Waals surface area contributed by atoms with Gasteiger partial charge >= 0.3 is 0 Å². The Balaban J connectivity index is 2.39. The third-order valence-corrected chi connectivity index (χ3v) is 4.39. The van der Waals surface area contributed by atoms with Gasteiger partial charge in [-0.25, -0.2) is 8.42 Å². The van der Waals surface area contributed by atoms with Crippen molar-refractivity contribution in [2.45, 2.75) is 18.7 Å². The Kier molecular flexibility index (Phi) is 3.87. The number of nitrogens with zero attached hydrogens (tertiary/aromatic N) is 1. The fourth-order valence-electron chi connectivity index (χ4n) is 1.86. The van der Waals surface area contributed by atoms with Crippen LogP contribution in [0.15, 0.2) is 41.3 Å². The monoisotopic (exact) mass is 302 g/mol. The number of hydrogen-bond acceptors (Lipinski definition) is 4. The van der Waals surface area contributed by atoms with Gasteiger partial charge in [-0.1, -0.05) is 6.07 Å². The number of sulfonamides is 1. The molecule has 0 aliphatic rings. The lowest BCUT2D eigenvalue weighted by Crippen LogP contribution is -2.13. The predicted molar refractivity (Wildman–Crippen MR) is 79.5 cm³/mol. The molecule has 0 unspecified atom stereocenters. The fraction of sp³-hybridized carbons (Fsp3) is 0.133. The summed E-state index contributed by atoms with van der Waals surface area (Å²) in [5.74, 6) is -0.135. The van der Waals surface area contributed by atoms with E-state index in [9.17, 15) is 13.5 Å². The summed E-state index contributed by atoms with van der Waals surface area (Å²) in [6.07, 6.45) is 0. The van der Waals surface area contributed by atoms with E-state index in [2.05, 4.69) is 4.72 Å². The molecule has 0 spiro atoms. The molecule has 0 amide bonds. The zero-order chi connectivity index (χ0) is 15.6. The lowest BCUT2D eigenvalue weighted by Gasteiger charge is -2.11. The van der Waals surface area contributed by atoms with Crippen molar-refractivity contribution < 1.29 is 13.5 Å². The molecule has 0 radical (unpaired) electrons. The highest BCUT2D eigenvalue weighted by Crippen LogP contribution is 2.27. The minimum absolute atomic E-state index is 0.0407. The number of nitriles is 1. The fourth-order valence-corrected chi connectivity index (χ4v) is 3.02. The standard InChI is InChI=1S/C15H14N2O3S/c1-10-3-6-14(15(18)7-10)17-21(19,20)13-5-4-12(9-16)11(2)8-13/h3-8,17-18H,1-2H3. The van der Waals surface area contributed by atoms with Crippen molar-refractivity contribution in [3.8, 4) is 11.8 Å². The topological polar surface area (TPSA) is 90.2 Å². The molecule has 0 saturated heterocycles. The SMILES string of the molecule is Cc1ccc(NS(=O)(=O)c2ccc(C#N)c(C)c2)c(O)c1. The lowest BCUT2D eigenvalue weighted by atomic mass is 10.1. The van der Waals surface area contributed by atoms with E-state index in [1.54, 1.807) is 19.9 Å². The number of benzene rings is 2. The second-order valence-corrected chi connectivity index (χ2v) is 6.40. The van der Waals surface area contributed by atoms with Crippen molar-refractivity contribution in [1.29, 1.82) is 5.26 Å². The first-order valence-electron chi connectivity index (χ1n) is 6.16. The van der Waals surface area contributed by atoms with Crippen molar-refractivity contribution in [2.75, 3.05) is 4.72 Å². The number of nitrogens with one attached hydrogen (secondary N) is 1. The molecule has 0 heterocycles. The molecule has 2 N–H and O–H groups in total. The Bertz CT molecular complexity index is 836. The van der Waals surface area contributed by atoms with Crippen LogP contribution < -0.4 is 4.72 Å². The maximum atomic E-state index is 12.3. The molecule has 6 heteroatoms. The van der Waals surface area contributed by atoms with Gasteiger partial charge < -0.3 is 5.11 Å². The maximum Gasteiger partial charge on any atom is 0.262 e. The van der Waals surface area contributed by atoms with Gasteiger partial charge in [0.15, 0.2) is 0 Å². The number of anilines is 1. The molecular formula is C15H14N2O3S. The third kappa shape index (κ3) is 3.15. The van der Waals surface area contributed by atoms with Gasteiger partial charge in [0.2, 0.25) is 0 Å². The molecule has 0 aliphatic heterocycles. The van der Waals surface area contributed by atoms with Gasteiger partial charge in [0.25, 0.3) is 10.0 Å². The smallest absolute Gasteiger partial charge is 0.262 e. The molecule has 0 atom stereocenters. The molecular weight excluding hydrogens is 288 g/mol. The summed E-state index contributed by atoms with van der Waals surface area (Å²) in [7, 11) is -3.82. The van der Waals surface area contributed by atoms with Gasteiger partial charge in [-0.3, -0.25) is 4.72 Å². The lowest BCUT2D eigenvalue weighted by molar-refractivity contribution is 0.477. The number of aryl methyl sites for hydroxylation is 2. The average molecular weight is 302 g/mol. The Labute approximate surface area is 123 Å². The Morgan fingerprint density at radius 1 is 1.14 bits per heavy atom. The van der Waals surface area contributed by atoms with Crippen LogP contribution >= 0.6 is 0 Å². The summed E-state index contributed by atoms with van der Waals surface area (Å²) in [4.78, 5) is 0.0407.